The van der Waals surface area contributed by atoms with Crippen molar-refractivity contribution in [2.75, 3.05) is 5.88 Å². The summed E-state index contributed by atoms with van der Waals surface area (Å²) in [5.74, 6) is 2.27. The van der Waals surface area contributed by atoms with E-state index in [9.17, 15) is 9.59 Å². The number of carbonyl (C=O) groups excluding carboxylic acids is 2. The molecule has 5 aliphatic rings. The highest BCUT2D eigenvalue weighted by atomic mass is 35.5. The average Bonchev–Trinajstić information content (AvgIpc) is 3.24. The van der Waals surface area contributed by atoms with E-state index in [0.717, 1.165) is 60.2 Å². The molecule has 4 fully saturated rings. The van der Waals surface area contributed by atoms with E-state index < -0.39 is 0 Å². The number of aromatic nitrogens is 1. The predicted octanol–water partition coefficient (Wildman–Crippen LogP) is 5.97. The van der Waals surface area contributed by atoms with Crippen molar-refractivity contribution in [1.82, 2.24) is 15.2 Å². The van der Waals surface area contributed by atoms with E-state index in [1.54, 1.807) is 0 Å². The Labute approximate surface area is 222 Å². The van der Waals surface area contributed by atoms with Crippen LogP contribution >= 0.6 is 11.6 Å². The fourth-order valence-electron chi connectivity index (χ4n) is 8.64. The van der Waals surface area contributed by atoms with Crippen molar-refractivity contribution in [2.24, 2.45) is 17.8 Å². The Kier molecular flexibility index (Phi) is 5.44. The monoisotopic (exact) mass is 515 g/mol. The summed E-state index contributed by atoms with van der Waals surface area (Å²) in [6, 6.07) is 16.0. The maximum absolute atomic E-state index is 13.4. The number of nitrogens with zero attached hydrogens (tertiary/aromatic N) is 1. The first-order chi connectivity index (χ1) is 17.9. The van der Waals surface area contributed by atoms with E-state index in [4.69, 9.17) is 11.6 Å². The Hall–Kier alpha value is -2.79. The van der Waals surface area contributed by atoms with Gasteiger partial charge in [0.15, 0.2) is 0 Å². The number of aromatic amines is 1. The van der Waals surface area contributed by atoms with Gasteiger partial charge in [-0.3, -0.25) is 9.59 Å². The standard InChI is InChI=1S/C31H34ClN3O2/c1-18-10-25-24-4-2-3-5-26(24)33-28(25)29(35(18)27(36)17-32)22-6-8-23(9-7-22)30(37)34-31-14-19-11-20(15-31)13-21(12-19)16-31/h2-9,18-21,29,33H,10-17H2,1H3,(H,34,37)/t18-,19-,20+,21?,29-,31-/m0/s1. The van der Waals surface area contributed by atoms with Crippen molar-refractivity contribution < 1.29 is 9.59 Å². The third-order valence-corrected chi connectivity index (χ3v) is 9.91. The van der Waals surface area contributed by atoms with Crippen LogP contribution in [-0.2, 0) is 11.2 Å². The molecule has 1 aromatic heterocycles. The lowest BCUT2D eigenvalue weighted by molar-refractivity contribution is -0.133. The van der Waals surface area contributed by atoms with E-state index in [1.165, 1.54) is 30.2 Å². The lowest BCUT2D eigenvalue weighted by atomic mass is 9.53. The summed E-state index contributed by atoms with van der Waals surface area (Å²) in [6.45, 7) is 2.09. The molecule has 4 aliphatic carbocycles. The maximum atomic E-state index is 13.4. The third-order valence-electron chi connectivity index (χ3n) is 9.68. The van der Waals surface area contributed by atoms with Gasteiger partial charge < -0.3 is 15.2 Å². The van der Waals surface area contributed by atoms with Gasteiger partial charge in [0.1, 0.15) is 5.88 Å². The normalized spacial score (nSPS) is 31.9. The molecule has 1 aliphatic heterocycles. The van der Waals surface area contributed by atoms with Crippen molar-refractivity contribution in [3.63, 3.8) is 0 Å². The van der Waals surface area contributed by atoms with Crippen LogP contribution in [0.1, 0.15) is 78.7 Å². The molecule has 0 spiro atoms. The molecule has 2 aromatic carbocycles. The van der Waals surface area contributed by atoms with E-state index in [2.05, 4.69) is 35.4 Å². The highest BCUT2D eigenvalue weighted by molar-refractivity contribution is 6.27. The fourth-order valence-corrected chi connectivity index (χ4v) is 8.78. The maximum Gasteiger partial charge on any atom is 0.251 e. The van der Waals surface area contributed by atoms with Gasteiger partial charge in [-0.15, -0.1) is 11.6 Å². The zero-order chi connectivity index (χ0) is 25.3. The summed E-state index contributed by atoms with van der Waals surface area (Å²) in [4.78, 5) is 31.9. The summed E-state index contributed by atoms with van der Waals surface area (Å²) < 4.78 is 0. The lowest BCUT2D eigenvalue weighted by Gasteiger charge is -2.56. The van der Waals surface area contributed by atoms with Gasteiger partial charge in [0.05, 0.1) is 6.04 Å². The van der Waals surface area contributed by atoms with Crippen LogP contribution < -0.4 is 5.32 Å². The summed E-state index contributed by atoms with van der Waals surface area (Å²) >= 11 is 6.07. The van der Waals surface area contributed by atoms with Gasteiger partial charge in [0.2, 0.25) is 5.91 Å². The first kappa shape index (κ1) is 23.3. The van der Waals surface area contributed by atoms with Crippen molar-refractivity contribution >= 4 is 34.3 Å². The van der Waals surface area contributed by atoms with E-state index in [-0.39, 0.29) is 35.3 Å². The summed E-state index contributed by atoms with van der Waals surface area (Å²) in [6.07, 6.45) is 8.28. The van der Waals surface area contributed by atoms with Gasteiger partial charge in [-0.1, -0.05) is 30.3 Å². The molecule has 4 bridgehead atoms. The quantitative estimate of drug-likeness (QED) is 0.420. The van der Waals surface area contributed by atoms with Gasteiger partial charge in [-0.25, -0.2) is 0 Å². The van der Waals surface area contributed by atoms with Crippen LogP contribution in [-0.4, -0.2) is 39.2 Å². The molecule has 4 saturated carbocycles. The summed E-state index contributed by atoms with van der Waals surface area (Å²) in [7, 11) is 0. The van der Waals surface area contributed by atoms with E-state index >= 15 is 0 Å². The molecule has 5 nitrogen and oxygen atoms in total. The van der Waals surface area contributed by atoms with E-state index in [0.29, 0.717) is 5.56 Å². The molecule has 8 rings (SSSR count). The van der Waals surface area contributed by atoms with Gasteiger partial charge >= 0.3 is 0 Å². The Morgan fingerprint density at radius 3 is 2.30 bits per heavy atom. The second kappa shape index (κ2) is 8.62. The van der Waals surface area contributed by atoms with E-state index in [1.807, 2.05) is 35.2 Å². The number of H-pyrrole nitrogens is 1. The molecule has 2 heterocycles. The van der Waals surface area contributed by atoms with Crippen molar-refractivity contribution in [3.8, 4) is 0 Å². The minimum atomic E-state index is -0.266. The van der Waals surface area contributed by atoms with Gasteiger partial charge in [-0.2, -0.15) is 0 Å². The van der Waals surface area contributed by atoms with Crippen LogP contribution in [0.15, 0.2) is 48.5 Å². The number of halogens is 1. The highest BCUT2D eigenvalue weighted by Gasteiger charge is 2.51. The second-order valence-corrected chi connectivity index (χ2v) is 12.5. The van der Waals surface area contributed by atoms with Crippen molar-refractivity contribution in [2.45, 2.75) is 69.5 Å². The van der Waals surface area contributed by atoms with Crippen LogP contribution in [0.3, 0.4) is 0 Å². The number of alkyl halides is 1. The lowest BCUT2D eigenvalue weighted by Crippen LogP contribution is -2.59. The first-order valence-corrected chi connectivity index (χ1v) is 14.4. The molecule has 0 radical (unpaired) electrons. The summed E-state index contributed by atoms with van der Waals surface area (Å²) in [5.41, 5.74) is 5.06. The number of hydrogen-bond donors (Lipinski definition) is 2. The second-order valence-electron chi connectivity index (χ2n) is 12.2. The summed E-state index contributed by atoms with van der Waals surface area (Å²) in [5, 5.41) is 4.70. The molecular weight excluding hydrogens is 482 g/mol. The van der Waals surface area contributed by atoms with Crippen LogP contribution in [0.4, 0.5) is 0 Å². The van der Waals surface area contributed by atoms with Crippen molar-refractivity contribution in [1.29, 1.82) is 0 Å². The smallest absolute Gasteiger partial charge is 0.251 e. The topological polar surface area (TPSA) is 65.2 Å². The largest absolute Gasteiger partial charge is 0.356 e. The van der Waals surface area contributed by atoms with Crippen LogP contribution in [0.5, 0.6) is 0 Å². The fraction of sp³-hybridized carbons (Fsp3) is 0.484. The Morgan fingerprint density at radius 1 is 1.00 bits per heavy atom. The Balaban J connectivity index is 1.20. The number of rotatable bonds is 4. The minimum Gasteiger partial charge on any atom is -0.356 e. The highest BCUT2D eigenvalue weighted by Crippen LogP contribution is 2.55. The number of para-hydroxylation sites is 1. The van der Waals surface area contributed by atoms with Crippen LogP contribution in [0, 0.1) is 17.8 Å². The molecule has 6 heteroatoms. The number of benzene rings is 2. The molecule has 2 atom stereocenters. The minimum absolute atomic E-state index is 0.00781. The molecule has 2 N–H and O–H groups in total. The SMILES string of the molecule is C[C@H]1Cc2c([nH]c3ccccc23)[C@H](c2ccc(C(=O)N[C@]34CC5C[C@H](C[C@H](C5)C3)C4)cc2)N1C(=O)CCl. The molecule has 37 heavy (non-hydrogen) atoms. The number of fused-ring (bicyclic) bond motifs is 3. The predicted molar refractivity (Wildman–Crippen MR) is 146 cm³/mol. The average molecular weight is 516 g/mol. The zero-order valence-electron chi connectivity index (χ0n) is 21.3. The van der Waals surface area contributed by atoms with Crippen LogP contribution in [0.2, 0.25) is 0 Å². The Bertz CT molecular complexity index is 1340. The number of nitrogens with one attached hydrogen (secondary N) is 2. The molecule has 2 amide bonds. The molecule has 3 aromatic rings. The molecular formula is C31H34ClN3O2. The van der Waals surface area contributed by atoms with Crippen LogP contribution in [0.25, 0.3) is 10.9 Å². The van der Waals surface area contributed by atoms with Gasteiger partial charge in [-0.05, 0) is 98.9 Å². The molecule has 0 saturated heterocycles. The first-order valence-electron chi connectivity index (χ1n) is 13.8. The number of amides is 2. The molecule has 0 unspecified atom stereocenters. The van der Waals surface area contributed by atoms with Gasteiger partial charge in [0, 0.05) is 33.7 Å². The molecule has 192 valence electrons. The van der Waals surface area contributed by atoms with Crippen molar-refractivity contribution in [3.05, 3.63) is 70.9 Å². The zero-order valence-corrected chi connectivity index (χ0v) is 22.1. The third kappa shape index (κ3) is 3.80. The van der Waals surface area contributed by atoms with Gasteiger partial charge in [0.25, 0.3) is 5.91 Å². The number of carbonyl (C=O) groups is 2. The number of hydrogen-bond acceptors (Lipinski definition) is 2. The Morgan fingerprint density at radius 2 is 1.65 bits per heavy atom.